The lowest BCUT2D eigenvalue weighted by Crippen LogP contribution is -2.58. The second-order valence-electron chi connectivity index (χ2n) is 3.52. The Labute approximate surface area is 92.5 Å². The molecule has 0 amide bonds. The van der Waals surface area contributed by atoms with Crippen molar-refractivity contribution in [2.75, 3.05) is 13.7 Å². The van der Waals surface area contributed by atoms with Crippen LogP contribution < -0.4 is 11.5 Å². The topological polar surface area (TPSA) is 144 Å². The molecule has 0 aromatic heterocycles. The molecule has 0 aromatic carbocycles. The molecule has 0 spiro atoms. The predicted octanol–water partition coefficient (Wildman–Crippen LogP) is -3.29. The summed E-state index contributed by atoms with van der Waals surface area (Å²) in [5, 5.41) is 28.6. The maximum Gasteiger partial charge on any atom is 0.186 e. The molecule has 0 unspecified atom stereocenters. The fraction of sp³-hybridized carbons (Fsp3) is 0.875. The Morgan fingerprint density at radius 3 is 2.38 bits per heavy atom. The summed E-state index contributed by atoms with van der Waals surface area (Å²) in [4.78, 5) is 3.67. The van der Waals surface area contributed by atoms with Gasteiger partial charge in [-0.3, -0.25) is 4.99 Å². The minimum atomic E-state index is -1.36. The summed E-state index contributed by atoms with van der Waals surface area (Å²) in [6.45, 7) is -0.0207. The number of methoxy groups -OCH3 is 1. The number of hydrogen-bond donors (Lipinski definition) is 5. The minimum Gasteiger partial charge on any atom is -0.388 e. The highest BCUT2D eigenvalue weighted by atomic mass is 16.7. The number of rotatable bonds is 3. The van der Waals surface area contributed by atoms with Crippen molar-refractivity contribution in [2.45, 2.75) is 30.7 Å². The molecule has 0 aliphatic carbocycles. The van der Waals surface area contributed by atoms with E-state index in [1.807, 2.05) is 0 Å². The first kappa shape index (κ1) is 13.1. The number of aliphatic hydroxyl groups excluding tert-OH is 3. The Balaban J connectivity index is 2.67. The van der Waals surface area contributed by atoms with Crippen LogP contribution in [0.1, 0.15) is 0 Å². The summed E-state index contributed by atoms with van der Waals surface area (Å²) < 4.78 is 9.99. The van der Waals surface area contributed by atoms with Gasteiger partial charge in [0, 0.05) is 7.11 Å². The Bertz CT molecular complexity index is 256. The van der Waals surface area contributed by atoms with Gasteiger partial charge >= 0.3 is 0 Å². The Hall–Kier alpha value is -0.930. The van der Waals surface area contributed by atoms with Crippen molar-refractivity contribution in [3.8, 4) is 0 Å². The van der Waals surface area contributed by atoms with Crippen LogP contribution in [0.5, 0.6) is 0 Å². The molecule has 7 N–H and O–H groups in total. The summed E-state index contributed by atoms with van der Waals surface area (Å²) >= 11 is 0. The van der Waals surface area contributed by atoms with E-state index in [9.17, 15) is 15.3 Å². The highest BCUT2D eigenvalue weighted by molar-refractivity contribution is 5.75. The van der Waals surface area contributed by atoms with Crippen molar-refractivity contribution in [3.63, 3.8) is 0 Å². The van der Waals surface area contributed by atoms with E-state index >= 15 is 0 Å². The molecule has 94 valence electrons. The molecule has 1 heterocycles. The maximum atomic E-state index is 9.59. The second kappa shape index (κ2) is 5.41. The average molecular weight is 235 g/mol. The van der Waals surface area contributed by atoms with Gasteiger partial charge in [0.2, 0.25) is 0 Å². The first-order valence-electron chi connectivity index (χ1n) is 4.75. The standard InChI is InChI=1S/C8H17N3O5/c1-15-7-6(14)5(13)4(12)3(16-7)2-11-8(9)10/h3-7,12-14H,2H2,1H3,(H4,9,10,11)/t3-,4-,5+,6-,7+/m1/s1. The maximum absolute atomic E-state index is 9.59. The fourth-order valence-corrected chi connectivity index (χ4v) is 1.46. The molecule has 1 fully saturated rings. The van der Waals surface area contributed by atoms with Crippen LogP contribution in [0.4, 0.5) is 0 Å². The molecule has 0 saturated carbocycles. The normalized spacial score (nSPS) is 39.4. The van der Waals surface area contributed by atoms with E-state index in [4.69, 9.17) is 20.9 Å². The molecule has 1 rings (SSSR count). The molecule has 0 radical (unpaired) electrons. The van der Waals surface area contributed by atoms with Crippen LogP contribution >= 0.6 is 0 Å². The van der Waals surface area contributed by atoms with Crippen molar-refractivity contribution >= 4 is 5.96 Å². The number of nitrogens with zero attached hydrogens (tertiary/aromatic N) is 1. The third-order valence-corrected chi connectivity index (χ3v) is 2.35. The number of ether oxygens (including phenoxy) is 2. The second-order valence-corrected chi connectivity index (χ2v) is 3.52. The summed E-state index contributed by atoms with van der Waals surface area (Å²) in [6, 6.07) is 0. The van der Waals surface area contributed by atoms with Crippen LogP contribution in [0.2, 0.25) is 0 Å². The lowest BCUT2D eigenvalue weighted by atomic mass is 9.99. The van der Waals surface area contributed by atoms with E-state index in [0.717, 1.165) is 0 Å². The van der Waals surface area contributed by atoms with Gasteiger partial charge in [0.25, 0.3) is 0 Å². The van der Waals surface area contributed by atoms with Gasteiger partial charge in [-0.05, 0) is 0 Å². The van der Waals surface area contributed by atoms with Crippen molar-refractivity contribution in [2.24, 2.45) is 16.5 Å². The molecule has 16 heavy (non-hydrogen) atoms. The molecular weight excluding hydrogens is 218 g/mol. The number of nitrogens with two attached hydrogens (primary N) is 2. The van der Waals surface area contributed by atoms with Crippen LogP contribution in [0, 0.1) is 0 Å². The third kappa shape index (κ3) is 2.80. The first-order chi connectivity index (χ1) is 7.47. The van der Waals surface area contributed by atoms with E-state index in [1.165, 1.54) is 7.11 Å². The van der Waals surface area contributed by atoms with Crippen LogP contribution in [0.15, 0.2) is 4.99 Å². The van der Waals surface area contributed by atoms with Gasteiger partial charge in [-0.1, -0.05) is 0 Å². The third-order valence-electron chi connectivity index (χ3n) is 2.35. The van der Waals surface area contributed by atoms with Crippen LogP contribution in [-0.2, 0) is 9.47 Å². The first-order valence-corrected chi connectivity index (χ1v) is 4.75. The molecule has 0 aromatic rings. The quantitative estimate of drug-likeness (QED) is 0.255. The Kier molecular flexibility index (Phi) is 4.44. The zero-order valence-corrected chi connectivity index (χ0v) is 8.85. The summed E-state index contributed by atoms with van der Waals surface area (Å²) in [5.74, 6) is -0.148. The SMILES string of the molecule is CO[C@H]1O[C@H](CN=C(N)N)[C@@H](O)[C@H](O)[C@H]1O. The monoisotopic (exact) mass is 235 g/mol. The smallest absolute Gasteiger partial charge is 0.186 e. The van der Waals surface area contributed by atoms with Gasteiger partial charge in [-0.2, -0.15) is 0 Å². The van der Waals surface area contributed by atoms with Crippen molar-refractivity contribution in [1.29, 1.82) is 0 Å². The summed E-state index contributed by atoms with van der Waals surface area (Å²) in [7, 11) is 1.32. The fourth-order valence-electron chi connectivity index (χ4n) is 1.46. The van der Waals surface area contributed by atoms with Crippen LogP contribution in [-0.4, -0.2) is 65.6 Å². The van der Waals surface area contributed by atoms with E-state index < -0.39 is 30.7 Å². The van der Waals surface area contributed by atoms with Gasteiger partial charge in [-0.15, -0.1) is 0 Å². The molecule has 1 aliphatic rings. The number of guanidine groups is 1. The van der Waals surface area contributed by atoms with Crippen LogP contribution in [0.25, 0.3) is 0 Å². The number of aliphatic imine (C=N–C) groups is 1. The van der Waals surface area contributed by atoms with Gasteiger partial charge in [0.05, 0.1) is 6.54 Å². The molecular formula is C8H17N3O5. The van der Waals surface area contributed by atoms with Crippen molar-refractivity contribution in [3.05, 3.63) is 0 Å². The molecule has 5 atom stereocenters. The molecule has 1 aliphatic heterocycles. The highest BCUT2D eigenvalue weighted by Gasteiger charge is 2.43. The predicted molar refractivity (Wildman–Crippen MR) is 54.4 cm³/mol. The van der Waals surface area contributed by atoms with E-state index in [2.05, 4.69) is 4.99 Å². The Morgan fingerprint density at radius 2 is 1.88 bits per heavy atom. The largest absolute Gasteiger partial charge is 0.388 e. The summed E-state index contributed by atoms with van der Waals surface area (Å²) in [6.07, 6.45) is -5.79. The van der Waals surface area contributed by atoms with Gasteiger partial charge in [0.1, 0.15) is 24.4 Å². The van der Waals surface area contributed by atoms with E-state index in [0.29, 0.717) is 0 Å². The lowest BCUT2D eigenvalue weighted by molar-refractivity contribution is -0.287. The minimum absolute atomic E-state index is 0.0207. The van der Waals surface area contributed by atoms with Gasteiger partial charge < -0.3 is 36.3 Å². The van der Waals surface area contributed by atoms with Gasteiger partial charge in [0.15, 0.2) is 12.2 Å². The molecule has 8 heteroatoms. The number of hydrogen-bond acceptors (Lipinski definition) is 6. The number of aliphatic hydroxyl groups is 3. The zero-order valence-electron chi connectivity index (χ0n) is 8.85. The zero-order chi connectivity index (χ0) is 12.3. The highest BCUT2D eigenvalue weighted by Crippen LogP contribution is 2.21. The molecule has 8 nitrogen and oxygen atoms in total. The van der Waals surface area contributed by atoms with E-state index in [1.54, 1.807) is 0 Å². The van der Waals surface area contributed by atoms with Crippen molar-refractivity contribution in [1.82, 2.24) is 0 Å². The van der Waals surface area contributed by atoms with Crippen LogP contribution in [0.3, 0.4) is 0 Å². The molecule has 1 saturated heterocycles. The van der Waals surface area contributed by atoms with Crippen molar-refractivity contribution < 1.29 is 24.8 Å². The summed E-state index contributed by atoms with van der Waals surface area (Å²) in [5.41, 5.74) is 10.3. The van der Waals surface area contributed by atoms with E-state index in [-0.39, 0.29) is 12.5 Å². The molecule has 0 bridgehead atoms. The lowest BCUT2D eigenvalue weighted by Gasteiger charge is -2.39. The van der Waals surface area contributed by atoms with Gasteiger partial charge in [-0.25, -0.2) is 0 Å². The average Bonchev–Trinajstić information content (AvgIpc) is 2.25. The Morgan fingerprint density at radius 1 is 1.25 bits per heavy atom.